The quantitative estimate of drug-likeness (QED) is 0.875. The lowest BCUT2D eigenvalue weighted by Crippen LogP contribution is -2.39. The molecule has 1 saturated heterocycles. The second kappa shape index (κ2) is 5.33. The van der Waals surface area contributed by atoms with Gasteiger partial charge in [-0.2, -0.15) is 0 Å². The average Bonchev–Trinajstić information content (AvgIpc) is 3.11. The van der Waals surface area contributed by atoms with Crippen molar-refractivity contribution >= 4 is 5.91 Å². The average molecular weight is 258 g/mol. The van der Waals surface area contributed by atoms with Crippen molar-refractivity contribution < 1.29 is 4.79 Å². The van der Waals surface area contributed by atoms with E-state index in [0.717, 1.165) is 25.9 Å². The summed E-state index contributed by atoms with van der Waals surface area (Å²) in [7, 11) is 0. The first-order chi connectivity index (χ1) is 9.31. The molecule has 1 aliphatic heterocycles. The number of carbonyl (C=O) groups excluding carboxylic acids is 1. The molecule has 1 aromatic rings. The molecule has 0 unspecified atom stereocenters. The van der Waals surface area contributed by atoms with Gasteiger partial charge >= 0.3 is 0 Å². The molecule has 1 saturated carbocycles. The number of likely N-dealkylation sites (tertiary alicyclic amines) is 1. The largest absolute Gasteiger partial charge is 0.354 e. The van der Waals surface area contributed by atoms with E-state index < -0.39 is 0 Å². The van der Waals surface area contributed by atoms with Crippen LogP contribution in [0.5, 0.6) is 0 Å². The first-order valence-electron chi connectivity index (χ1n) is 7.37. The summed E-state index contributed by atoms with van der Waals surface area (Å²) in [5.74, 6) is 0.220. The maximum atomic E-state index is 12.4. The van der Waals surface area contributed by atoms with Crippen molar-refractivity contribution in [2.24, 2.45) is 0 Å². The molecular weight excluding hydrogens is 236 g/mol. The monoisotopic (exact) mass is 258 g/mol. The van der Waals surface area contributed by atoms with Gasteiger partial charge in [0.05, 0.1) is 5.41 Å². The highest BCUT2D eigenvalue weighted by atomic mass is 16.2. The Morgan fingerprint density at radius 2 is 1.84 bits per heavy atom. The van der Waals surface area contributed by atoms with Crippen LogP contribution >= 0.6 is 0 Å². The van der Waals surface area contributed by atoms with Gasteiger partial charge in [0.2, 0.25) is 5.91 Å². The molecule has 19 heavy (non-hydrogen) atoms. The highest BCUT2D eigenvalue weighted by Crippen LogP contribution is 2.48. The molecular formula is C16H22N2O. The van der Waals surface area contributed by atoms with E-state index in [1.165, 1.54) is 31.5 Å². The van der Waals surface area contributed by atoms with Crippen LogP contribution in [0.3, 0.4) is 0 Å². The number of amides is 1. The van der Waals surface area contributed by atoms with Gasteiger partial charge in [0, 0.05) is 13.1 Å². The summed E-state index contributed by atoms with van der Waals surface area (Å²) < 4.78 is 0. The molecule has 1 amide bonds. The summed E-state index contributed by atoms with van der Waals surface area (Å²) >= 11 is 0. The minimum Gasteiger partial charge on any atom is -0.354 e. The van der Waals surface area contributed by atoms with Gasteiger partial charge in [-0.05, 0) is 44.3 Å². The fraction of sp³-hybridized carbons (Fsp3) is 0.562. The van der Waals surface area contributed by atoms with Crippen LogP contribution < -0.4 is 5.32 Å². The van der Waals surface area contributed by atoms with E-state index in [1.54, 1.807) is 0 Å². The number of benzene rings is 1. The first-order valence-corrected chi connectivity index (χ1v) is 7.37. The van der Waals surface area contributed by atoms with E-state index in [-0.39, 0.29) is 11.3 Å². The third-order valence-corrected chi connectivity index (χ3v) is 4.42. The lowest BCUT2D eigenvalue weighted by atomic mass is 9.95. The molecule has 0 bridgehead atoms. The molecule has 2 aliphatic rings. The number of rotatable bonds is 5. The molecule has 1 N–H and O–H groups in total. The van der Waals surface area contributed by atoms with E-state index in [2.05, 4.69) is 22.3 Å². The van der Waals surface area contributed by atoms with Crippen molar-refractivity contribution in [1.29, 1.82) is 0 Å². The molecule has 1 heterocycles. The van der Waals surface area contributed by atoms with Gasteiger partial charge in [-0.3, -0.25) is 4.79 Å². The van der Waals surface area contributed by atoms with Crippen molar-refractivity contribution in [3.63, 3.8) is 0 Å². The third kappa shape index (κ3) is 2.66. The van der Waals surface area contributed by atoms with E-state index in [0.29, 0.717) is 0 Å². The minimum atomic E-state index is -0.216. The fourth-order valence-electron chi connectivity index (χ4n) is 3.03. The van der Waals surface area contributed by atoms with Gasteiger partial charge in [0.1, 0.15) is 0 Å². The molecule has 1 aliphatic carbocycles. The van der Waals surface area contributed by atoms with Gasteiger partial charge in [0.25, 0.3) is 0 Å². The number of hydrogen-bond donors (Lipinski definition) is 1. The van der Waals surface area contributed by atoms with Crippen LogP contribution in [0.15, 0.2) is 30.3 Å². The van der Waals surface area contributed by atoms with Crippen LogP contribution in [0.1, 0.15) is 31.2 Å². The van der Waals surface area contributed by atoms with Crippen molar-refractivity contribution in [3.8, 4) is 0 Å². The van der Waals surface area contributed by atoms with Crippen molar-refractivity contribution in [3.05, 3.63) is 35.9 Å². The number of carbonyl (C=O) groups is 1. The highest BCUT2D eigenvalue weighted by Gasteiger charge is 2.50. The summed E-state index contributed by atoms with van der Waals surface area (Å²) in [6.07, 6.45) is 4.60. The maximum absolute atomic E-state index is 12.4. The van der Waals surface area contributed by atoms with Gasteiger partial charge in [-0.15, -0.1) is 0 Å². The topological polar surface area (TPSA) is 32.3 Å². The van der Waals surface area contributed by atoms with Crippen molar-refractivity contribution in [2.75, 3.05) is 26.2 Å². The molecule has 0 aromatic heterocycles. The predicted octanol–water partition coefficient (Wildman–Crippen LogP) is 1.93. The minimum absolute atomic E-state index is 0.216. The van der Waals surface area contributed by atoms with E-state index >= 15 is 0 Å². The van der Waals surface area contributed by atoms with Crippen LogP contribution in [0, 0.1) is 0 Å². The maximum Gasteiger partial charge on any atom is 0.230 e. The SMILES string of the molecule is O=C(NCCN1CCCC1)C1(c2ccccc2)CC1. The standard InChI is InChI=1S/C16H22N2O/c19-15(17-10-13-18-11-4-5-12-18)16(8-9-16)14-6-2-1-3-7-14/h1-3,6-7H,4-5,8-13H2,(H,17,19). The van der Waals surface area contributed by atoms with E-state index in [4.69, 9.17) is 0 Å². The second-order valence-electron chi connectivity index (χ2n) is 5.75. The zero-order chi connectivity index (χ0) is 13.1. The molecule has 0 atom stereocenters. The molecule has 3 heteroatoms. The lowest BCUT2D eigenvalue weighted by Gasteiger charge is -2.18. The Hall–Kier alpha value is -1.35. The Kier molecular flexibility index (Phi) is 3.56. The second-order valence-corrected chi connectivity index (χ2v) is 5.75. The Morgan fingerprint density at radius 1 is 1.16 bits per heavy atom. The molecule has 2 fully saturated rings. The number of nitrogens with one attached hydrogen (secondary N) is 1. The summed E-state index contributed by atoms with van der Waals surface area (Å²) in [4.78, 5) is 14.8. The molecule has 0 radical (unpaired) electrons. The molecule has 1 aromatic carbocycles. The van der Waals surface area contributed by atoms with Gasteiger partial charge in [-0.25, -0.2) is 0 Å². The predicted molar refractivity (Wildman–Crippen MR) is 76.0 cm³/mol. The molecule has 3 nitrogen and oxygen atoms in total. The Labute approximate surface area is 115 Å². The van der Waals surface area contributed by atoms with Gasteiger partial charge in [0.15, 0.2) is 0 Å². The van der Waals surface area contributed by atoms with Crippen LogP contribution in [0.4, 0.5) is 0 Å². The van der Waals surface area contributed by atoms with Crippen molar-refractivity contribution in [2.45, 2.75) is 31.1 Å². The van der Waals surface area contributed by atoms with E-state index in [9.17, 15) is 4.79 Å². The summed E-state index contributed by atoms with van der Waals surface area (Å²) in [5.41, 5.74) is 0.959. The molecule has 3 rings (SSSR count). The summed E-state index contributed by atoms with van der Waals surface area (Å²) in [6, 6.07) is 10.2. The normalized spacial score (nSPS) is 21.3. The van der Waals surface area contributed by atoms with Crippen LogP contribution in [0.25, 0.3) is 0 Å². The Balaban J connectivity index is 1.52. The zero-order valence-electron chi connectivity index (χ0n) is 11.4. The zero-order valence-corrected chi connectivity index (χ0v) is 11.4. The summed E-state index contributed by atoms with van der Waals surface area (Å²) in [5, 5.41) is 3.13. The van der Waals surface area contributed by atoms with Crippen LogP contribution in [-0.2, 0) is 10.2 Å². The van der Waals surface area contributed by atoms with E-state index in [1.807, 2.05) is 18.2 Å². The summed E-state index contributed by atoms with van der Waals surface area (Å²) in [6.45, 7) is 4.17. The van der Waals surface area contributed by atoms with Crippen LogP contribution in [-0.4, -0.2) is 37.0 Å². The van der Waals surface area contributed by atoms with Crippen molar-refractivity contribution in [1.82, 2.24) is 10.2 Å². The number of nitrogens with zero attached hydrogens (tertiary/aromatic N) is 1. The molecule has 102 valence electrons. The smallest absolute Gasteiger partial charge is 0.230 e. The first kappa shape index (κ1) is 12.7. The highest BCUT2D eigenvalue weighted by molar-refractivity contribution is 5.91. The third-order valence-electron chi connectivity index (χ3n) is 4.42. The number of hydrogen-bond acceptors (Lipinski definition) is 2. The Bertz CT molecular complexity index is 433. The Morgan fingerprint density at radius 3 is 2.47 bits per heavy atom. The molecule has 0 spiro atoms. The van der Waals surface area contributed by atoms with Gasteiger partial charge in [-0.1, -0.05) is 30.3 Å². The fourth-order valence-corrected chi connectivity index (χ4v) is 3.03. The lowest BCUT2D eigenvalue weighted by molar-refractivity contribution is -0.123. The van der Waals surface area contributed by atoms with Gasteiger partial charge < -0.3 is 10.2 Å². The van der Waals surface area contributed by atoms with Crippen LogP contribution in [0.2, 0.25) is 0 Å².